The summed E-state index contributed by atoms with van der Waals surface area (Å²) in [5.74, 6) is -0.148. The Morgan fingerprint density at radius 2 is 1.88 bits per heavy atom. The van der Waals surface area contributed by atoms with E-state index in [-0.39, 0.29) is 17.2 Å². The summed E-state index contributed by atoms with van der Waals surface area (Å²) in [6, 6.07) is 12.4. The van der Waals surface area contributed by atoms with Gasteiger partial charge in [-0.05, 0) is 49.4 Å². The molecule has 1 amide bonds. The number of hydrazone groups is 1. The number of hydrogen-bond donors (Lipinski definition) is 1. The molecule has 0 unspecified atom stereocenters. The van der Waals surface area contributed by atoms with Gasteiger partial charge in [-0.3, -0.25) is 9.52 Å². The molecule has 2 aromatic rings. The zero-order chi connectivity index (χ0) is 17.3. The first-order chi connectivity index (χ1) is 11.3. The molecular weight excluding hydrogens is 350 g/mol. The van der Waals surface area contributed by atoms with Crippen LogP contribution in [0.15, 0.2) is 58.5 Å². The summed E-state index contributed by atoms with van der Waals surface area (Å²) < 4.78 is 27.3. The van der Waals surface area contributed by atoms with Crippen molar-refractivity contribution >= 4 is 44.6 Å². The van der Waals surface area contributed by atoms with Gasteiger partial charge in [0.25, 0.3) is 15.9 Å². The van der Waals surface area contributed by atoms with Crippen LogP contribution < -0.4 is 9.73 Å². The zero-order valence-electron chi connectivity index (χ0n) is 12.7. The minimum Gasteiger partial charge on any atom is -0.280 e. The first-order valence-corrected chi connectivity index (χ1v) is 8.97. The maximum absolute atomic E-state index is 12.4. The molecule has 3 rings (SSSR count). The van der Waals surface area contributed by atoms with E-state index in [9.17, 15) is 13.2 Å². The smallest absolute Gasteiger partial charge is 0.261 e. The van der Waals surface area contributed by atoms with E-state index in [4.69, 9.17) is 11.6 Å². The van der Waals surface area contributed by atoms with E-state index in [0.717, 1.165) is 0 Å². The summed E-state index contributed by atoms with van der Waals surface area (Å²) in [4.78, 5) is 12.0. The highest BCUT2D eigenvalue weighted by Gasteiger charge is 2.23. The van der Waals surface area contributed by atoms with Crippen LogP contribution in [0.25, 0.3) is 0 Å². The van der Waals surface area contributed by atoms with Crippen LogP contribution in [0.5, 0.6) is 0 Å². The number of rotatable bonds is 4. The van der Waals surface area contributed by atoms with E-state index < -0.39 is 10.0 Å². The second-order valence-corrected chi connectivity index (χ2v) is 7.45. The monoisotopic (exact) mass is 363 g/mol. The van der Waals surface area contributed by atoms with E-state index in [1.807, 2.05) is 0 Å². The van der Waals surface area contributed by atoms with Crippen LogP contribution in [0.2, 0.25) is 5.02 Å². The van der Waals surface area contributed by atoms with Gasteiger partial charge in [0.15, 0.2) is 0 Å². The molecule has 24 heavy (non-hydrogen) atoms. The van der Waals surface area contributed by atoms with E-state index in [1.54, 1.807) is 31.2 Å². The molecule has 8 heteroatoms. The van der Waals surface area contributed by atoms with Crippen LogP contribution in [0.1, 0.15) is 13.3 Å². The molecule has 124 valence electrons. The predicted octanol–water partition coefficient (Wildman–Crippen LogP) is 3.25. The topological polar surface area (TPSA) is 78.8 Å². The van der Waals surface area contributed by atoms with Gasteiger partial charge in [0, 0.05) is 10.7 Å². The largest absolute Gasteiger partial charge is 0.280 e. The Morgan fingerprint density at radius 3 is 2.50 bits per heavy atom. The minimum absolute atomic E-state index is 0.100. The van der Waals surface area contributed by atoms with Crippen LogP contribution in [-0.4, -0.2) is 20.0 Å². The second kappa shape index (κ2) is 6.26. The van der Waals surface area contributed by atoms with E-state index in [1.165, 1.54) is 29.3 Å². The fourth-order valence-corrected chi connectivity index (χ4v) is 3.46. The van der Waals surface area contributed by atoms with Gasteiger partial charge in [0.1, 0.15) is 0 Å². The van der Waals surface area contributed by atoms with E-state index >= 15 is 0 Å². The SMILES string of the molecule is CC1=NN(c2cccc(NS(=O)(=O)c3ccc(Cl)cc3)c2)C(=O)C1. The number of halogens is 1. The Kier molecular flexibility index (Phi) is 4.29. The molecule has 2 aromatic carbocycles. The van der Waals surface area contributed by atoms with Crippen LogP contribution in [0.3, 0.4) is 0 Å². The van der Waals surface area contributed by atoms with Crippen LogP contribution in [0.4, 0.5) is 11.4 Å². The van der Waals surface area contributed by atoms with Gasteiger partial charge in [-0.1, -0.05) is 17.7 Å². The molecule has 0 bridgehead atoms. The fourth-order valence-electron chi connectivity index (χ4n) is 2.29. The molecule has 0 saturated carbocycles. The summed E-state index contributed by atoms with van der Waals surface area (Å²) in [5.41, 5.74) is 1.57. The lowest BCUT2D eigenvalue weighted by atomic mass is 10.2. The van der Waals surface area contributed by atoms with E-state index in [0.29, 0.717) is 22.1 Å². The number of nitrogens with one attached hydrogen (secondary N) is 1. The molecule has 0 atom stereocenters. The predicted molar refractivity (Wildman–Crippen MR) is 93.9 cm³/mol. The number of benzene rings is 2. The van der Waals surface area contributed by atoms with Crippen molar-refractivity contribution in [3.05, 3.63) is 53.6 Å². The van der Waals surface area contributed by atoms with Crippen molar-refractivity contribution in [2.45, 2.75) is 18.2 Å². The van der Waals surface area contributed by atoms with Crippen molar-refractivity contribution < 1.29 is 13.2 Å². The Bertz CT molecular complexity index is 924. The summed E-state index contributed by atoms with van der Waals surface area (Å²) in [5, 5.41) is 5.88. The van der Waals surface area contributed by atoms with E-state index in [2.05, 4.69) is 9.82 Å². The number of amides is 1. The summed E-state index contributed by atoms with van der Waals surface area (Å²) in [6.45, 7) is 1.77. The molecule has 0 saturated heterocycles. The molecule has 1 heterocycles. The quantitative estimate of drug-likeness (QED) is 0.905. The highest BCUT2D eigenvalue weighted by molar-refractivity contribution is 7.92. The van der Waals surface area contributed by atoms with Crippen molar-refractivity contribution in [3.63, 3.8) is 0 Å². The van der Waals surface area contributed by atoms with Crippen molar-refractivity contribution in [2.75, 3.05) is 9.73 Å². The molecule has 1 aliphatic rings. The first-order valence-electron chi connectivity index (χ1n) is 7.11. The Balaban J connectivity index is 1.87. The third kappa shape index (κ3) is 3.42. The average molecular weight is 364 g/mol. The normalized spacial score (nSPS) is 14.7. The van der Waals surface area contributed by atoms with Gasteiger partial charge >= 0.3 is 0 Å². The molecule has 6 nitrogen and oxygen atoms in total. The van der Waals surface area contributed by atoms with Gasteiger partial charge in [0.2, 0.25) is 0 Å². The van der Waals surface area contributed by atoms with Crippen LogP contribution in [-0.2, 0) is 14.8 Å². The number of carbonyl (C=O) groups excluding carboxylic acids is 1. The molecule has 1 N–H and O–H groups in total. The molecule has 0 aromatic heterocycles. The molecule has 0 spiro atoms. The third-order valence-electron chi connectivity index (χ3n) is 3.38. The number of carbonyl (C=O) groups is 1. The lowest BCUT2D eigenvalue weighted by Gasteiger charge is -2.14. The van der Waals surface area contributed by atoms with Crippen molar-refractivity contribution in [2.24, 2.45) is 5.10 Å². The third-order valence-corrected chi connectivity index (χ3v) is 5.03. The molecule has 0 fully saturated rings. The lowest BCUT2D eigenvalue weighted by Crippen LogP contribution is -2.20. The first kappa shape index (κ1) is 16.5. The zero-order valence-corrected chi connectivity index (χ0v) is 14.3. The van der Waals surface area contributed by atoms with Gasteiger partial charge < -0.3 is 0 Å². The Morgan fingerprint density at radius 1 is 1.17 bits per heavy atom. The standard InChI is InChI=1S/C16H14ClN3O3S/c1-11-9-16(21)20(18-11)14-4-2-3-13(10-14)19-24(22,23)15-7-5-12(17)6-8-15/h2-8,10,19H,9H2,1H3. The maximum atomic E-state index is 12.4. The molecule has 0 radical (unpaired) electrons. The van der Waals surface area contributed by atoms with Gasteiger partial charge in [-0.15, -0.1) is 0 Å². The number of nitrogens with zero attached hydrogens (tertiary/aromatic N) is 2. The number of anilines is 2. The fraction of sp³-hybridized carbons (Fsp3) is 0.125. The van der Waals surface area contributed by atoms with Crippen LogP contribution in [0, 0.1) is 0 Å². The Hall–Kier alpha value is -2.38. The highest BCUT2D eigenvalue weighted by atomic mass is 35.5. The minimum atomic E-state index is -3.74. The highest BCUT2D eigenvalue weighted by Crippen LogP contribution is 2.25. The molecule has 0 aliphatic carbocycles. The second-order valence-electron chi connectivity index (χ2n) is 5.33. The molecular formula is C16H14ClN3O3S. The van der Waals surface area contributed by atoms with Gasteiger partial charge in [-0.25, -0.2) is 13.4 Å². The van der Waals surface area contributed by atoms with Crippen molar-refractivity contribution in [3.8, 4) is 0 Å². The van der Waals surface area contributed by atoms with Gasteiger partial charge in [-0.2, -0.15) is 5.10 Å². The summed E-state index contributed by atoms with van der Waals surface area (Å²) in [7, 11) is -3.74. The number of sulfonamides is 1. The maximum Gasteiger partial charge on any atom is 0.261 e. The van der Waals surface area contributed by atoms with Crippen molar-refractivity contribution in [1.29, 1.82) is 0 Å². The average Bonchev–Trinajstić information content (AvgIpc) is 2.86. The number of hydrogen-bond acceptors (Lipinski definition) is 4. The lowest BCUT2D eigenvalue weighted by molar-refractivity contribution is -0.116. The summed E-state index contributed by atoms with van der Waals surface area (Å²) in [6.07, 6.45) is 0.265. The Labute approximate surface area is 144 Å². The van der Waals surface area contributed by atoms with Crippen LogP contribution >= 0.6 is 11.6 Å². The summed E-state index contributed by atoms with van der Waals surface area (Å²) >= 11 is 5.78. The van der Waals surface area contributed by atoms with Crippen molar-refractivity contribution in [1.82, 2.24) is 0 Å². The molecule has 1 aliphatic heterocycles. The van der Waals surface area contributed by atoms with Gasteiger partial charge in [0.05, 0.1) is 22.7 Å².